The third-order valence-electron chi connectivity index (χ3n) is 3.81. The lowest BCUT2D eigenvalue weighted by Gasteiger charge is -2.41. The van der Waals surface area contributed by atoms with Gasteiger partial charge in [-0.1, -0.05) is 35.5 Å². The zero-order chi connectivity index (χ0) is 18.9. The Labute approximate surface area is 151 Å². The first-order chi connectivity index (χ1) is 12.5. The molecule has 3 unspecified atom stereocenters. The first-order valence-electron chi connectivity index (χ1n) is 8.21. The molecule has 1 amide bonds. The number of rotatable bonds is 8. The van der Waals surface area contributed by atoms with Crippen LogP contribution >= 0.6 is 0 Å². The Morgan fingerprint density at radius 2 is 2.04 bits per heavy atom. The van der Waals surface area contributed by atoms with E-state index >= 15 is 0 Å². The van der Waals surface area contributed by atoms with Gasteiger partial charge in [-0.2, -0.15) is 0 Å². The van der Waals surface area contributed by atoms with Gasteiger partial charge < -0.3 is 34.9 Å². The van der Waals surface area contributed by atoms with Crippen molar-refractivity contribution in [3.63, 3.8) is 0 Å². The summed E-state index contributed by atoms with van der Waals surface area (Å²) in [5, 5.41) is 35.5. The summed E-state index contributed by atoms with van der Waals surface area (Å²) < 4.78 is 10.9. The molecule has 1 fully saturated rings. The molecule has 5 atom stereocenters. The topological polar surface area (TPSA) is 130 Å². The van der Waals surface area contributed by atoms with Crippen molar-refractivity contribution in [3.05, 3.63) is 35.9 Å². The van der Waals surface area contributed by atoms with Crippen LogP contribution in [0.5, 0.6) is 0 Å². The number of benzene rings is 1. The maximum Gasteiger partial charge on any atom is 0.217 e. The van der Waals surface area contributed by atoms with Gasteiger partial charge in [0, 0.05) is 6.92 Å². The molecule has 0 aromatic heterocycles. The molecule has 0 saturated carbocycles. The van der Waals surface area contributed by atoms with Gasteiger partial charge in [0.05, 0.1) is 19.4 Å². The van der Waals surface area contributed by atoms with E-state index in [0.717, 1.165) is 5.56 Å². The summed E-state index contributed by atoms with van der Waals surface area (Å²) in [5.74, 6) is -0.416. The van der Waals surface area contributed by atoms with Crippen LogP contribution in [-0.4, -0.2) is 71.3 Å². The standard InChI is InChI=1S/C17H24N2O7/c1-11(21)19-14-16(23)15(22)13(9-20)26-17(14)24-8-7-18-25-10-12-5-3-2-4-6-12/h2-7,13-17,20,22-23H,8-10H2,1H3,(H,19,21)/t13?,14?,15-,16?,17-/m1/s1. The minimum absolute atomic E-state index is 0.0174. The van der Waals surface area contributed by atoms with Crippen molar-refractivity contribution >= 4 is 12.1 Å². The number of aliphatic hydroxyl groups excluding tert-OH is 3. The van der Waals surface area contributed by atoms with E-state index in [2.05, 4.69) is 10.5 Å². The fourth-order valence-corrected chi connectivity index (χ4v) is 2.52. The normalized spacial score (nSPS) is 28.8. The largest absolute Gasteiger partial charge is 0.394 e. The van der Waals surface area contributed by atoms with Gasteiger partial charge in [0.25, 0.3) is 0 Å². The summed E-state index contributed by atoms with van der Waals surface area (Å²) in [6.45, 7) is 1.06. The number of carbonyl (C=O) groups excluding carboxylic acids is 1. The van der Waals surface area contributed by atoms with Crippen LogP contribution in [0.3, 0.4) is 0 Å². The second kappa shape index (κ2) is 10.2. The highest BCUT2D eigenvalue weighted by molar-refractivity contribution is 5.73. The van der Waals surface area contributed by atoms with Crippen LogP contribution in [0.1, 0.15) is 12.5 Å². The minimum atomic E-state index is -1.35. The molecule has 1 aromatic carbocycles. The van der Waals surface area contributed by atoms with Gasteiger partial charge in [0.15, 0.2) is 6.29 Å². The molecule has 0 bridgehead atoms. The molecule has 1 heterocycles. The van der Waals surface area contributed by atoms with Crippen molar-refractivity contribution in [2.75, 3.05) is 13.2 Å². The predicted molar refractivity (Wildman–Crippen MR) is 91.0 cm³/mol. The second-order valence-electron chi connectivity index (χ2n) is 5.81. The van der Waals surface area contributed by atoms with E-state index in [0.29, 0.717) is 6.61 Å². The van der Waals surface area contributed by atoms with Crippen LogP contribution in [0.2, 0.25) is 0 Å². The summed E-state index contributed by atoms with van der Waals surface area (Å²) in [4.78, 5) is 16.4. The molecule has 9 heteroatoms. The summed E-state index contributed by atoms with van der Waals surface area (Å²) in [6, 6.07) is 8.52. The molecule has 1 aliphatic heterocycles. The number of hydrogen-bond acceptors (Lipinski definition) is 8. The summed E-state index contributed by atoms with van der Waals surface area (Å²) in [7, 11) is 0. The highest BCUT2D eigenvalue weighted by Gasteiger charge is 2.45. The van der Waals surface area contributed by atoms with E-state index in [-0.39, 0.29) is 6.61 Å². The Morgan fingerprint density at radius 3 is 2.69 bits per heavy atom. The smallest absolute Gasteiger partial charge is 0.217 e. The highest BCUT2D eigenvalue weighted by atomic mass is 16.7. The van der Waals surface area contributed by atoms with Crippen LogP contribution < -0.4 is 5.32 Å². The quantitative estimate of drug-likeness (QED) is 0.347. The van der Waals surface area contributed by atoms with Gasteiger partial charge in [-0.05, 0) is 5.56 Å². The van der Waals surface area contributed by atoms with Gasteiger partial charge in [-0.25, -0.2) is 0 Å². The molecule has 9 nitrogen and oxygen atoms in total. The third-order valence-corrected chi connectivity index (χ3v) is 3.81. The predicted octanol–water partition coefficient (Wildman–Crippen LogP) is -0.851. The van der Waals surface area contributed by atoms with Crippen molar-refractivity contribution in [3.8, 4) is 0 Å². The van der Waals surface area contributed by atoms with Crippen LogP contribution in [0.15, 0.2) is 35.5 Å². The first-order valence-corrected chi connectivity index (χ1v) is 8.21. The maximum absolute atomic E-state index is 11.3. The monoisotopic (exact) mass is 368 g/mol. The maximum atomic E-state index is 11.3. The van der Waals surface area contributed by atoms with Gasteiger partial charge in [0.1, 0.15) is 31.0 Å². The molecule has 2 rings (SSSR count). The Balaban J connectivity index is 1.84. The summed E-state index contributed by atoms with van der Waals surface area (Å²) in [5.41, 5.74) is 0.967. The van der Waals surface area contributed by atoms with E-state index < -0.39 is 43.2 Å². The lowest BCUT2D eigenvalue weighted by Crippen LogP contribution is -2.64. The molecule has 144 valence electrons. The van der Waals surface area contributed by atoms with Gasteiger partial charge in [-0.15, -0.1) is 0 Å². The number of nitrogens with one attached hydrogen (secondary N) is 1. The van der Waals surface area contributed by atoms with Crippen LogP contribution in [0.4, 0.5) is 0 Å². The third kappa shape index (κ3) is 5.75. The summed E-state index contributed by atoms with van der Waals surface area (Å²) in [6.07, 6.45) is -3.41. The lowest BCUT2D eigenvalue weighted by molar-refractivity contribution is -0.265. The van der Waals surface area contributed by atoms with E-state index in [1.165, 1.54) is 13.1 Å². The average molecular weight is 368 g/mol. The number of nitrogens with zero attached hydrogens (tertiary/aromatic N) is 1. The Bertz CT molecular complexity index is 584. The molecule has 1 aliphatic rings. The molecule has 0 radical (unpaired) electrons. The van der Waals surface area contributed by atoms with E-state index in [4.69, 9.17) is 14.3 Å². The number of aliphatic hydroxyl groups is 3. The fourth-order valence-electron chi connectivity index (χ4n) is 2.52. The molecule has 1 aromatic rings. The van der Waals surface area contributed by atoms with Crippen LogP contribution in [0.25, 0.3) is 0 Å². The van der Waals surface area contributed by atoms with Crippen molar-refractivity contribution in [2.45, 2.75) is 44.2 Å². The molecular formula is C17H24N2O7. The molecule has 1 saturated heterocycles. The van der Waals surface area contributed by atoms with Gasteiger partial charge in [0.2, 0.25) is 5.91 Å². The number of hydrogen-bond donors (Lipinski definition) is 4. The Morgan fingerprint density at radius 1 is 1.31 bits per heavy atom. The van der Waals surface area contributed by atoms with E-state index in [1.807, 2.05) is 30.3 Å². The van der Waals surface area contributed by atoms with Crippen molar-refractivity contribution in [1.82, 2.24) is 5.32 Å². The van der Waals surface area contributed by atoms with Crippen LogP contribution in [0, 0.1) is 0 Å². The number of amides is 1. The van der Waals surface area contributed by atoms with Crippen LogP contribution in [-0.2, 0) is 25.7 Å². The zero-order valence-corrected chi connectivity index (χ0v) is 14.4. The van der Waals surface area contributed by atoms with Gasteiger partial charge >= 0.3 is 0 Å². The molecule has 0 spiro atoms. The van der Waals surface area contributed by atoms with Crippen molar-refractivity contribution in [1.29, 1.82) is 0 Å². The fraction of sp³-hybridized carbons (Fsp3) is 0.529. The second-order valence-corrected chi connectivity index (χ2v) is 5.81. The van der Waals surface area contributed by atoms with Crippen molar-refractivity contribution in [2.24, 2.45) is 5.16 Å². The molecule has 0 aliphatic carbocycles. The first kappa shape index (κ1) is 20.3. The molecule has 4 N–H and O–H groups in total. The highest BCUT2D eigenvalue weighted by Crippen LogP contribution is 2.22. The Hall–Kier alpha value is -2.04. The lowest BCUT2D eigenvalue weighted by atomic mass is 9.97. The number of oxime groups is 1. The number of ether oxygens (including phenoxy) is 2. The average Bonchev–Trinajstić information content (AvgIpc) is 2.64. The summed E-state index contributed by atoms with van der Waals surface area (Å²) >= 11 is 0. The SMILES string of the molecule is CC(=O)NC1C(O)[C@H](O)C(CO)O[C@H]1OCC=NOCc1ccccc1. The molecule has 26 heavy (non-hydrogen) atoms. The Kier molecular flexibility index (Phi) is 7.95. The zero-order valence-electron chi connectivity index (χ0n) is 14.4. The van der Waals surface area contributed by atoms with Gasteiger partial charge in [-0.3, -0.25) is 4.79 Å². The number of carbonyl (C=O) groups is 1. The molecular weight excluding hydrogens is 344 g/mol. The van der Waals surface area contributed by atoms with Crippen molar-refractivity contribution < 1.29 is 34.4 Å². The van der Waals surface area contributed by atoms with E-state index in [1.54, 1.807) is 0 Å². The minimum Gasteiger partial charge on any atom is -0.394 e. The van der Waals surface area contributed by atoms with E-state index in [9.17, 15) is 20.1 Å².